The summed E-state index contributed by atoms with van der Waals surface area (Å²) in [6, 6.07) is 9.52. The van der Waals surface area contributed by atoms with Gasteiger partial charge in [-0.15, -0.1) is 0 Å². The zero-order chi connectivity index (χ0) is 14.1. The minimum Gasteiger partial charge on any atom is -0.310 e. The second-order valence-corrected chi connectivity index (χ2v) is 5.63. The number of hydrogen-bond donors (Lipinski definition) is 1. The molecule has 0 aliphatic rings. The Morgan fingerprint density at radius 1 is 1.05 bits per heavy atom. The Kier molecular flexibility index (Phi) is 7.76. The number of nitrogens with zero attached hydrogens (tertiary/aromatic N) is 1. The summed E-state index contributed by atoms with van der Waals surface area (Å²) in [4.78, 5) is 2.55. The van der Waals surface area contributed by atoms with E-state index in [0.717, 1.165) is 13.1 Å². The second-order valence-electron chi connectivity index (χ2n) is 5.63. The van der Waals surface area contributed by atoms with Crippen LogP contribution in [0.25, 0.3) is 0 Å². The van der Waals surface area contributed by atoms with Crippen LogP contribution in [0.5, 0.6) is 0 Å². The summed E-state index contributed by atoms with van der Waals surface area (Å²) in [5, 5.41) is 3.48. The van der Waals surface area contributed by atoms with Crippen LogP contribution in [0.1, 0.15) is 51.7 Å². The van der Waals surface area contributed by atoms with Crippen molar-refractivity contribution in [1.82, 2.24) is 10.2 Å². The summed E-state index contributed by atoms with van der Waals surface area (Å²) in [6.07, 6.45) is 2.46. The maximum Gasteiger partial charge on any atom is 0.0233 e. The maximum atomic E-state index is 3.48. The fourth-order valence-electron chi connectivity index (χ4n) is 2.32. The van der Waals surface area contributed by atoms with Crippen LogP contribution >= 0.6 is 0 Å². The van der Waals surface area contributed by atoms with Crippen LogP contribution in [-0.4, -0.2) is 24.0 Å². The second kappa shape index (κ2) is 9.11. The van der Waals surface area contributed by atoms with Crippen molar-refractivity contribution in [2.24, 2.45) is 0 Å². The molecule has 0 atom stereocenters. The zero-order valence-corrected chi connectivity index (χ0v) is 13.1. The van der Waals surface area contributed by atoms with E-state index in [-0.39, 0.29) is 0 Å². The Bertz CT molecular complexity index is 341. The molecule has 0 radical (unpaired) electrons. The van der Waals surface area contributed by atoms with Gasteiger partial charge in [0, 0.05) is 19.1 Å². The molecule has 1 N–H and O–H groups in total. The smallest absolute Gasteiger partial charge is 0.0233 e. The van der Waals surface area contributed by atoms with Crippen LogP contribution in [0, 0.1) is 0 Å². The minimum absolute atomic E-state index is 0.542. The van der Waals surface area contributed by atoms with Crippen molar-refractivity contribution in [3.8, 4) is 0 Å². The molecule has 1 aromatic carbocycles. The molecule has 0 unspecified atom stereocenters. The number of benzene rings is 1. The number of hydrogen-bond acceptors (Lipinski definition) is 2. The molecule has 108 valence electrons. The molecule has 0 fully saturated rings. The van der Waals surface area contributed by atoms with Crippen molar-refractivity contribution >= 4 is 0 Å². The lowest BCUT2D eigenvalue weighted by Gasteiger charge is -2.21. The van der Waals surface area contributed by atoms with Gasteiger partial charge in [-0.3, -0.25) is 4.90 Å². The highest BCUT2D eigenvalue weighted by molar-refractivity contribution is 5.23. The van der Waals surface area contributed by atoms with Crippen LogP contribution < -0.4 is 5.32 Å². The Balaban J connectivity index is 2.58. The van der Waals surface area contributed by atoms with Gasteiger partial charge in [0.1, 0.15) is 0 Å². The zero-order valence-electron chi connectivity index (χ0n) is 13.1. The highest BCUT2D eigenvalue weighted by Gasteiger charge is 2.04. The molecule has 2 heteroatoms. The molecular formula is C17H30N2. The highest BCUT2D eigenvalue weighted by Crippen LogP contribution is 2.09. The molecule has 0 aliphatic heterocycles. The van der Waals surface area contributed by atoms with Gasteiger partial charge in [0.25, 0.3) is 0 Å². The molecular weight excluding hydrogens is 232 g/mol. The standard InChI is InChI=1S/C17H30N2/c1-5-10-19(11-6-2)14-17-9-7-8-16(12-17)13-18-15(3)4/h7-9,12,15,18H,5-6,10-11,13-14H2,1-4H3. The monoisotopic (exact) mass is 262 g/mol. The van der Waals surface area contributed by atoms with E-state index in [1.807, 2.05) is 0 Å². The van der Waals surface area contributed by atoms with E-state index in [1.54, 1.807) is 0 Å². The molecule has 0 amide bonds. The topological polar surface area (TPSA) is 15.3 Å². The van der Waals surface area contributed by atoms with Gasteiger partial charge in [-0.1, -0.05) is 52.0 Å². The van der Waals surface area contributed by atoms with E-state index in [2.05, 4.69) is 62.2 Å². The van der Waals surface area contributed by atoms with Crippen molar-refractivity contribution in [3.63, 3.8) is 0 Å². The molecule has 0 aromatic heterocycles. The lowest BCUT2D eigenvalue weighted by molar-refractivity contribution is 0.266. The first-order valence-corrected chi connectivity index (χ1v) is 7.69. The van der Waals surface area contributed by atoms with Gasteiger partial charge in [-0.2, -0.15) is 0 Å². The van der Waals surface area contributed by atoms with Crippen LogP contribution in [-0.2, 0) is 13.1 Å². The van der Waals surface area contributed by atoms with Crippen molar-refractivity contribution in [2.75, 3.05) is 13.1 Å². The van der Waals surface area contributed by atoms with Crippen molar-refractivity contribution in [3.05, 3.63) is 35.4 Å². The van der Waals surface area contributed by atoms with E-state index < -0.39 is 0 Å². The Morgan fingerprint density at radius 2 is 1.68 bits per heavy atom. The average molecular weight is 262 g/mol. The van der Waals surface area contributed by atoms with Crippen LogP contribution in [0.2, 0.25) is 0 Å². The third kappa shape index (κ3) is 6.74. The summed E-state index contributed by atoms with van der Waals surface area (Å²) < 4.78 is 0. The van der Waals surface area contributed by atoms with Gasteiger partial charge < -0.3 is 5.32 Å². The average Bonchev–Trinajstić information content (AvgIpc) is 2.37. The van der Waals surface area contributed by atoms with Gasteiger partial charge in [0.15, 0.2) is 0 Å². The van der Waals surface area contributed by atoms with E-state index >= 15 is 0 Å². The lowest BCUT2D eigenvalue weighted by Crippen LogP contribution is -2.25. The van der Waals surface area contributed by atoms with Gasteiger partial charge in [0.2, 0.25) is 0 Å². The molecule has 1 rings (SSSR count). The quantitative estimate of drug-likeness (QED) is 0.728. The predicted octanol–water partition coefficient (Wildman–Crippen LogP) is 3.81. The largest absolute Gasteiger partial charge is 0.310 e. The molecule has 0 spiro atoms. The molecule has 1 aromatic rings. The van der Waals surface area contributed by atoms with E-state index in [1.165, 1.54) is 37.1 Å². The molecule has 0 saturated carbocycles. The molecule has 0 bridgehead atoms. The Labute approximate surface area is 119 Å². The highest BCUT2D eigenvalue weighted by atomic mass is 15.1. The summed E-state index contributed by atoms with van der Waals surface area (Å²) in [5.41, 5.74) is 2.82. The normalized spacial score (nSPS) is 11.5. The maximum absolute atomic E-state index is 3.48. The van der Waals surface area contributed by atoms with E-state index in [9.17, 15) is 0 Å². The van der Waals surface area contributed by atoms with Gasteiger partial charge in [-0.25, -0.2) is 0 Å². The minimum atomic E-state index is 0.542. The molecule has 0 saturated heterocycles. The third-order valence-electron chi connectivity index (χ3n) is 3.19. The van der Waals surface area contributed by atoms with Crippen LogP contribution in [0.3, 0.4) is 0 Å². The number of nitrogens with one attached hydrogen (secondary N) is 1. The van der Waals surface area contributed by atoms with E-state index in [0.29, 0.717) is 6.04 Å². The Morgan fingerprint density at radius 3 is 2.26 bits per heavy atom. The number of rotatable bonds is 9. The molecule has 19 heavy (non-hydrogen) atoms. The van der Waals surface area contributed by atoms with Crippen molar-refractivity contribution in [1.29, 1.82) is 0 Å². The summed E-state index contributed by atoms with van der Waals surface area (Å²) in [5.74, 6) is 0. The summed E-state index contributed by atoms with van der Waals surface area (Å²) >= 11 is 0. The SMILES string of the molecule is CCCN(CCC)Cc1cccc(CNC(C)C)c1. The summed E-state index contributed by atoms with van der Waals surface area (Å²) in [6.45, 7) is 13.3. The van der Waals surface area contributed by atoms with E-state index in [4.69, 9.17) is 0 Å². The predicted molar refractivity (Wildman–Crippen MR) is 84.3 cm³/mol. The van der Waals surface area contributed by atoms with Crippen molar-refractivity contribution < 1.29 is 0 Å². The van der Waals surface area contributed by atoms with Crippen LogP contribution in [0.4, 0.5) is 0 Å². The first-order chi connectivity index (χ1) is 9.15. The molecule has 0 aliphatic carbocycles. The first kappa shape index (κ1) is 16.2. The van der Waals surface area contributed by atoms with Crippen molar-refractivity contribution in [2.45, 2.75) is 59.7 Å². The summed E-state index contributed by atoms with van der Waals surface area (Å²) in [7, 11) is 0. The van der Waals surface area contributed by atoms with Gasteiger partial charge >= 0.3 is 0 Å². The van der Waals surface area contributed by atoms with Gasteiger partial charge in [0.05, 0.1) is 0 Å². The molecule has 0 heterocycles. The molecule has 2 nitrogen and oxygen atoms in total. The van der Waals surface area contributed by atoms with Gasteiger partial charge in [-0.05, 0) is 37.1 Å². The Hall–Kier alpha value is -0.860. The lowest BCUT2D eigenvalue weighted by atomic mass is 10.1. The first-order valence-electron chi connectivity index (χ1n) is 7.69. The fourth-order valence-corrected chi connectivity index (χ4v) is 2.32. The third-order valence-corrected chi connectivity index (χ3v) is 3.19. The fraction of sp³-hybridized carbons (Fsp3) is 0.647. The van der Waals surface area contributed by atoms with Crippen LogP contribution in [0.15, 0.2) is 24.3 Å².